The van der Waals surface area contributed by atoms with Crippen LogP contribution in [0.25, 0.3) is 0 Å². The summed E-state index contributed by atoms with van der Waals surface area (Å²) in [4.78, 5) is 0. The second kappa shape index (κ2) is 2.05. The maximum Gasteiger partial charge on any atom is 0.0331 e. The van der Waals surface area contributed by atoms with Crippen LogP contribution in [0.4, 0.5) is 0 Å². The van der Waals surface area contributed by atoms with Crippen LogP contribution in [0.3, 0.4) is 0 Å². The van der Waals surface area contributed by atoms with E-state index in [9.17, 15) is 0 Å². The van der Waals surface area contributed by atoms with Gasteiger partial charge in [-0.15, -0.1) is 0 Å². The first-order chi connectivity index (χ1) is 5.67. The molecule has 0 radical (unpaired) electrons. The summed E-state index contributed by atoms with van der Waals surface area (Å²) < 4.78 is 0. The smallest absolute Gasteiger partial charge is 0.0331 e. The van der Waals surface area contributed by atoms with Crippen LogP contribution in [0.2, 0.25) is 0 Å². The van der Waals surface area contributed by atoms with Gasteiger partial charge in [0.05, 0.1) is 0 Å². The first-order valence-electron chi connectivity index (χ1n) is 5.16. The van der Waals surface area contributed by atoms with Crippen LogP contribution in [0.5, 0.6) is 0 Å². The van der Waals surface area contributed by atoms with E-state index < -0.39 is 0 Å². The van der Waals surface area contributed by atoms with Gasteiger partial charge in [-0.05, 0) is 38.0 Å². The van der Waals surface area contributed by atoms with Gasteiger partial charge >= 0.3 is 0 Å². The van der Waals surface area contributed by atoms with Crippen molar-refractivity contribution >= 4 is 0 Å². The molecule has 4 bridgehead atoms. The van der Waals surface area contributed by atoms with E-state index in [1.54, 1.807) is 0 Å². The van der Waals surface area contributed by atoms with Crippen molar-refractivity contribution in [1.29, 1.82) is 0 Å². The quantitative estimate of drug-likeness (QED) is 0.536. The first kappa shape index (κ1) is 7.34. The van der Waals surface area contributed by atoms with Crippen molar-refractivity contribution in [3.63, 3.8) is 0 Å². The number of piperidine rings is 1. The van der Waals surface area contributed by atoms with Crippen molar-refractivity contribution in [2.75, 3.05) is 20.1 Å². The maximum atomic E-state index is 2.58. The van der Waals surface area contributed by atoms with Crippen LogP contribution in [-0.2, 0) is 0 Å². The largest absolute Gasteiger partial charge is 0.241 e. The maximum absolute atomic E-state index is 2.58. The number of rotatable bonds is 0. The van der Waals surface area contributed by atoms with E-state index in [0.29, 0.717) is 5.54 Å². The van der Waals surface area contributed by atoms with Crippen LogP contribution in [0.15, 0.2) is 0 Å². The van der Waals surface area contributed by atoms with Crippen molar-refractivity contribution in [2.24, 2.45) is 11.8 Å². The van der Waals surface area contributed by atoms with E-state index in [2.05, 4.69) is 24.0 Å². The highest BCUT2D eigenvalue weighted by molar-refractivity contribution is 5.02. The summed E-state index contributed by atoms with van der Waals surface area (Å²) in [6.45, 7) is 5.11. The molecule has 3 aliphatic heterocycles. The summed E-state index contributed by atoms with van der Waals surface area (Å²) in [6, 6.07) is 0. The molecule has 4 aliphatic rings. The number of hydrogen-bond donors (Lipinski definition) is 0. The lowest BCUT2D eigenvalue weighted by atomic mass is 9.66. The van der Waals surface area contributed by atoms with Gasteiger partial charge in [0.25, 0.3) is 0 Å². The highest BCUT2D eigenvalue weighted by Gasteiger charge is 2.50. The normalized spacial score (nSPS) is 58.0. The lowest BCUT2D eigenvalue weighted by Crippen LogP contribution is -2.68. The molecule has 1 saturated carbocycles. The molecule has 0 aromatic heterocycles. The third-order valence-corrected chi connectivity index (χ3v) is 4.27. The van der Waals surface area contributed by atoms with E-state index in [0.717, 1.165) is 11.8 Å². The van der Waals surface area contributed by atoms with Crippen molar-refractivity contribution in [1.82, 2.24) is 10.0 Å². The number of hydrogen-bond acceptors (Lipinski definition) is 2. The minimum Gasteiger partial charge on any atom is -0.241 e. The lowest BCUT2D eigenvalue weighted by Gasteiger charge is -2.62. The molecule has 0 aromatic carbocycles. The van der Waals surface area contributed by atoms with Crippen LogP contribution >= 0.6 is 0 Å². The van der Waals surface area contributed by atoms with Gasteiger partial charge in [0.15, 0.2) is 0 Å². The summed E-state index contributed by atoms with van der Waals surface area (Å²) in [5.74, 6) is 2.03. The molecule has 12 heavy (non-hydrogen) atoms. The molecule has 0 aromatic rings. The molecule has 2 unspecified atom stereocenters. The predicted molar refractivity (Wildman–Crippen MR) is 48.6 cm³/mol. The number of hydrazine groups is 1. The zero-order valence-corrected chi connectivity index (χ0v) is 8.08. The second-order valence-electron chi connectivity index (χ2n) is 5.27. The summed E-state index contributed by atoms with van der Waals surface area (Å²) in [5, 5.41) is 5.09. The molecule has 1 aliphatic carbocycles. The molecule has 3 heterocycles. The predicted octanol–water partition coefficient (Wildman–Crippen LogP) is 1.34. The lowest BCUT2D eigenvalue weighted by molar-refractivity contribution is -0.211. The van der Waals surface area contributed by atoms with E-state index in [-0.39, 0.29) is 0 Å². The summed E-state index contributed by atoms with van der Waals surface area (Å²) >= 11 is 0. The van der Waals surface area contributed by atoms with Crippen molar-refractivity contribution < 1.29 is 0 Å². The highest BCUT2D eigenvalue weighted by atomic mass is 15.7. The minimum atomic E-state index is 0.518. The SMILES string of the molecule is CN1N2CC3CC(C2)CC1(C)C3. The fourth-order valence-corrected chi connectivity index (χ4v) is 3.76. The molecule has 4 rings (SSSR count). The molecule has 3 saturated heterocycles. The Kier molecular flexibility index (Phi) is 1.25. The van der Waals surface area contributed by atoms with Crippen LogP contribution in [0.1, 0.15) is 26.2 Å². The van der Waals surface area contributed by atoms with Crippen LogP contribution in [-0.4, -0.2) is 35.7 Å². The Morgan fingerprint density at radius 3 is 2.25 bits per heavy atom. The molecular formula is C10H18N2. The molecule has 0 spiro atoms. The van der Waals surface area contributed by atoms with Gasteiger partial charge < -0.3 is 0 Å². The molecule has 0 amide bonds. The average molecular weight is 166 g/mol. The Balaban J connectivity index is 1.97. The molecule has 68 valence electrons. The van der Waals surface area contributed by atoms with Gasteiger partial charge in [-0.1, -0.05) is 0 Å². The Morgan fingerprint density at radius 2 is 1.75 bits per heavy atom. The molecule has 2 nitrogen and oxygen atoms in total. The van der Waals surface area contributed by atoms with Crippen LogP contribution < -0.4 is 0 Å². The third-order valence-electron chi connectivity index (χ3n) is 4.27. The van der Waals surface area contributed by atoms with Gasteiger partial charge in [-0.3, -0.25) is 0 Å². The zero-order chi connectivity index (χ0) is 8.34. The summed E-state index contributed by atoms with van der Waals surface area (Å²) in [6.07, 6.45) is 4.40. The molecule has 0 N–H and O–H groups in total. The van der Waals surface area contributed by atoms with Gasteiger partial charge in [0.1, 0.15) is 0 Å². The van der Waals surface area contributed by atoms with E-state index in [1.807, 2.05) is 0 Å². The van der Waals surface area contributed by atoms with Gasteiger partial charge in [-0.25, -0.2) is 10.0 Å². The monoisotopic (exact) mass is 166 g/mol. The Bertz CT molecular complexity index is 200. The zero-order valence-electron chi connectivity index (χ0n) is 8.08. The van der Waals surface area contributed by atoms with Gasteiger partial charge in [0.2, 0.25) is 0 Å². The fourth-order valence-electron chi connectivity index (χ4n) is 3.76. The van der Waals surface area contributed by atoms with Crippen LogP contribution in [0, 0.1) is 11.8 Å². The number of nitrogens with zero attached hydrogens (tertiary/aromatic N) is 2. The first-order valence-corrected chi connectivity index (χ1v) is 5.16. The third kappa shape index (κ3) is 0.775. The minimum absolute atomic E-state index is 0.518. The Hall–Kier alpha value is -0.0800. The Morgan fingerprint density at radius 1 is 1.17 bits per heavy atom. The van der Waals surface area contributed by atoms with E-state index in [4.69, 9.17) is 0 Å². The van der Waals surface area contributed by atoms with Crippen molar-refractivity contribution in [3.05, 3.63) is 0 Å². The van der Waals surface area contributed by atoms with Gasteiger partial charge in [-0.2, -0.15) is 0 Å². The van der Waals surface area contributed by atoms with E-state index >= 15 is 0 Å². The summed E-state index contributed by atoms with van der Waals surface area (Å²) in [7, 11) is 2.28. The standard InChI is InChI=1S/C10H18N2/c1-10-4-8-3-9(5-10)7-12(6-8)11(10)2/h8-9H,3-7H2,1-2H3. The van der Waals surface area contributed by atoms with Crippen molar-refractivity contribution in [3.8, 4) is 0 Å². The molecular weight excluding hydrogens is 148 g/mol. The topological polar surface area (TPSA) is 6.48 Å². The van der Waals surface area contributed by atoms with Gasteiger partial charge in [0, 0.05) is 25.7 Å². The van der Waals surface area contributed by atoms with E-state index in [1.165, 1.54) is 32.4 Å². The summed E-state index contributed by atoms with van der Waals surface area (Å²) in [5.41, 5.74) is 0.518. The Labute approximate surface area is 74.5 Å². The molecule has 2 atom stereocenters. The molecule has 4 fully saturated rings. The second-order valence-corrected chi connectivity index (χ2v) is 5.27. The fraction of sp³-hybridized carbons (Fsp3) is 1.00. The average Bonchev–Trinajstić information content (AvgIpc) is 1.98. The van der Waals surface area contributed by atoms with Crippen molar-refractivity contribution in [2.45, 2.75) is 31.7 Å². The molecule has 2 heteroatoms. The highest BCUT2D eigenvalue weighted by Crippen LogP contribution is 2.48.